The molecule has 3 heteroatoms. The molecule has 0 unspecified atom stereocenters. The van der Waals surface area contributed by atoms with Crippen LogP contribution in [0.5, 0.6) is 5.75 Å². The van der Waals surface area contributed by atoms with Gasteiger partial charge < -0.3 is 10.1 Å². The Morgan fingerprint density at radius 2 is 2.11 bits per heavy atom. The van der Waals surface area contributed by atoms with E-state index < -0.39 is 0 Å². The molecule has 0 atom stereocenters. The number of halogens is 1. The first-order valence-corrected chi connectivity index (χ1v) is 7.27. The average Bonchev–Trinajstić information content (AvgIpc) is 2.82. The van der Waals surface area contributed by atoms with Crippen LogP contribution in [-0.4, -0.2) is 13.2 Å². The Balaban J connectivity index is 1.97. The molecule has 1 aliphatic rings. The third kappa shape index (κ3) is 3.18. The van der Waals surface area contributed by atoms with Crippen LogP contribution in [0.2, 0.25) is 5.02 Å². The quantitative estimate of drug-likeness (QED) is 0.847. The molecule has 1 aromatic rings. The number of hydrogen-bond acceptors (Lipinski definition) is 2. The Labute approximate surface area is 115 Å². The number of ether oxygens (including phenoxy) is 1. The highest BCUT2D eigenvalue weighted by Gasteiger charge is 2.17. The standard InChI is InChI=1S/C15H22ClNO/c1-3-11(4-2)9-17-10-13-8-14(16)7-12-5-6-18-15(12)13/h7-8,11,17H,3-6,9-10H2,1-2H3. The lowest BCUT2D eigenvalue weighted by atomic mass is 10.0. The van der Waals surface area contributed by atoms with Crippen molar-refractivity contribution in [3.8, 4) is 5.75 Å². The van der Waals surface area contributed by atoms with Gasteiger partial charge in [-0.1, -0.05) is 38.3 Å². The van der Waals surface area contributed by atoms with Crippen molar-refractivity contribution in [1.82, 2.24) is 5.32 Å². The largest absolute Gasteiger partial charge is 0.493 e. The van der Waals surface area contributed by atoms with Crippen LogP contribution in [0.3, 0.4) is 0 Å². The molecule has 0 saturated heterocycles. The first-order chi connectivity index (χ1) is 8.74. The van der Waals surface area contributed by atoms with Crippen LogP contribution < -0.4 is 10.1 Å². The fraction of sp³-hybridized carbons (Fsp3) is 0.600. The van der Waals surface area contributed by atoms with Crippen molar-refractivity contribution < 1.29 is 4.74 Å². The minimum atomic E-state index is 0.762. The summed E-state index contributed by atoms with van der Waals surface area (Å²) in [6, 6.07) is 4.04. The van der Waals surface area contributed by atoms with E-state index in [1.54, 1.807) is 0 Å². The van der Waals surface area contributed by atoms with E-state index in [2.05, 4.69) is 19.2 Å². The lowest BCUT2D eigenvalue weighted by molar-refractivity contribution is 0.351. The average molecular weight is 268 g/mol. The van der Waals surface area contributed by atoms with Crippen molar-refractivity contribution in [3.63, 3.8) is 0 Å². The maximum Gasteiger partial charge on any atom is 0.127 e. The molecule has 0 fully saturated rings. The third-order valence-electron chi connectivity index (χ3n) is 3.73. The topological polar surface area (TPSA) is 21.3 Å². The molecule has 0 saturated carbocycles. The molecule has 1 N–H and O–H groups in total. The van der Waals surface area contributed by atoms with Crippen molar-refractivity contribution in [2.24, 2.45) is 5.92 Å². The van der Waals surface area contributed by atoms with Gasteiger partial charge in [-0.25, -0.2) is 0 Å². The monoisotopic (exact) mass is 267 g/mol. The molecule has 1 aromatic carbocycles. The molecule has 1 aliphatic heterocycles. The van der Waals surface area contributed by atoms with Crippen molar-refractivity contribution in [1.29, 1.82) is 0 Å². The van der Waals surface area contributed by atoms with Crippen LogP contribution >= 0.6 is 11.6 Å². The number of fused-ring (bicyclic) bond motifs is 1. The first-order valence-electron chi connectivity index (χ1n) is 6.89. The molecule has 1 heterocycles. The van der Waals surface area contributed by atoms with E-state index in [9.17, 15) is 0 Å². The number of benzene rings is 1. The smallest absolute Gasteiger partial charge is 0.127 e. The SMILES string of the molecule is CCC(CC)CNCc1cc(Cl)cc2c1OCC2. The molecule has 0 aliphatic carbocycles. The first kappa shape index (κ1) is 13.7. The van der Waals surface area contributed by atoms with E-state index in [4.69, 9.17) is 16.3 Å². The highest BCUT2D eigenvalue weighted by Crippen LogP contribution is 2.32. The van der Waals surface area contributed by atoms with Crippen LogP contribution in [-0.2, 0) is 13.0 Å². The summed E-state index contributed by atoms with van der Waals surface area (Å²) in [6.07, 6.45) is 3.44. The minimum Gasteiger partial charge on any atom is -0.493 e. The van der Waals surface area contributed by atoms with E-state index in [0.717, 1.165) is 42.8 Å². The second-order valence-corrected chi connectivity index (χ2v) is 5.40. The molecule has 0 radical (unpaired) electrons. The minimum absolute atomic E-state index is 0.762. The Morgan fingerprint density at radius 1 is 1.33 bits per heavy atom. The number of rotatable bonds is 6. The lowest BCUT2D eigenvalue weighted by Crippen LogP contribution is -2.22. The molecule has 2 nitrogen and oxygen atoms in total. The van der Waals surface area contributed by atoms with Crippen LogP contribution in [0, 0.1) is 5.92 Å². The Bertz CT molecular complexity index is 402. The third-order valence-corrected chi connectivity index (χ3v) is 3.95. The van der Waals surface area contributed by atoms with Gasteiger partial charge in [-0.15, -0.1) is 0 Å². The summed E-state index contributed by atoms with van der Waals surface area (Å²) in [6.45, 7) is 7.19. The fourth-order valence-corrected chi connectivity index (χ4v) is 2.73. The molecule has 18 heavy (non-hydrogen) atoms. The van der Waals surface area contributed by atoms with Crippen LogP contribution in [0.1, 0.15) is 37.8 Å². The zero-order valence-corrected chi connectivity index (χ0v) is 12.0. The molecular formula is C15H22ClNO. The summed E-state index contributed by atoms with van der Waals surface area (Å²) in [5.41, 5.74) is 2.45. The Kier molecular flexibility index (Phi) is 4.90. The van der Waals surface area contributed by atoms with Gasteiger partial charge in [-0.05, 0) is 30.2 Å². The Hall–Kier alpha value is -0.730. The summed E-state index contributed by atoms with van der Waals surface area (Å²) in [5.74, 6) is 1.81. The van der Waals surface area contributed by atoms with Gasteiger partial charge in [0.2, 0.25) is 0 Å². The second kappa shape index (κ2) is 6.44. The summed E-state index contributed by atoms with van der Waals surface area (Å²) < 4.78 is 5.70. The van der Waals surface area contributed by atoms with Crippen molar-refractivity contribution in [2.75, 3.05) is 13.2 Å². The van der Waals surface area contributed by atoms with Crippen LogP contribution in [0.4, 0.5) is 0 Å². The highest BCUT2D eigenvalue weighted by atomic mass is 35.5. The summed E-state index contributed by atoms with van der Waals surface area (Å²) in [4.78, 5) is 0. The number of hydrogen-bond donors (Lipinski definition) is 1. The molecule has 0 amide bonds. The van der Waals surface area contributed by atoms with Crippen molar-refractivity contribution in [3.05, 3.63) is 28.3 Å². The van der Waals surface area contributed by atoms with Crippen LogP contribution in [0.15, 0.2) is 12.1 Å². The van der Waals surface area contributed by atoms with E-state index in [1.807, 2.05) is 12.1 Å². The van der Waals surface area contributed by atoms with Gasteiger partial charge in [0, 0.05) is 23.6 Å². The maximum absolute atomic E-state index is 6.14. The van der Waals surface area contributed by atoms with Crippen molar-refractivity contribution in [2.45, 2.75) is 39.7 Å². The van der Waals surface area contributed by atoms with Gasteiger partial charge in [0.15, 0.2) is 0 Å². The molecule has 0 aromatic heterocycles. The van der Waals surface area contributed by atoms with Crippen molar-refractivity contribution >= 4 is 11.6 Å². The number of nitrogens with one attached hydrogen (secondary N) is 1. The van der Waals surface area contributed by atoms with Gasteiger partial charge in [-0.3, -0.25) is 0 Å². The summed E-state index contributed by atoms with van der Waals surface area (Å²) in [7, 11) is 0. The molecule has 0 bridgehead atoms. The highest BCUT2D eigenvalue weighted by molar-refractivity contribution is 6.30. The maximum atomic E-state index is 6.14. The lowest BCUT2D eigenvalue weighted by Gasteiger charge is -2.14. The zero-order chi connectivity index (χ0) is 13.0. The summed E-state index contributed by atoms with van der Waals surface area (Å²) in [5, 5.41) is 4.34. The Morgan fingerprint density at radius 3 is 2.83 bits per heavy atom. The van der Waals surface area contributed by atoms with E-state index in [-0.39, 0.29) is 0 Å². The predicted molar refractivity (Wildman–Crippen MR) is 76.4 cm³/mol. The molecule has 100 valence electrons. The van der Waals surface area contributed by atoms with E-state index in [1.165, 1.54) is 24.0 Å². The van der Waals surface area contributed by atoms with Crippen LogP contribution in [0.25, 0.3) is 0 Å². The van der Waals surface area contributed by atoms with Gasteiger partial charge in [0.1, 0.15) is 5.75 Å². The van der Waals surface area contributed by atoms with Gasteiger partial charge in [-0.2, -0.15) is 0 Å². The van der Waals surface area contributed by atoms with Gasteiger partial charge >= 0.3 is 0 Å². The summed E-state index contributed by atoms with van der Waals surface area (Å²) >= 11 is 6.14. The normalized spacial score (nSPS) is 13.8. The van der Waals surface area contributed by atoms with E-state index >= 15 is 0 Å². The fourth-order valence-electron chi connectivity index (χ4n) is 2.47. The molecule has 0 spiro atoms. The molecular weight excluding hydrogens is 246 g/mol. The van der Waals surface area contributed by atoms with Gasteiger partial charge in [0.25, 0.3) is 0 Å². The molecule has 2 rings (SSSR count). The second-order valence-electron chi connectivity index (χ2n) is 4.97. The van der Waals surface area contributed by atoms with Gasteiger partial charge in [0.05, 0.1) is 6.61 Å². The van der Waals surface area contributed by atoms with E-state index in [0.29, 0.717) is 0 Å². The zero-order valence-electron chi connectivity index (χ0n) is 11.3. The predicted octanol–water partition coefficient (Wildman–Crippen LogP) is 3.80.